The summed E-state index contributed by atoms with van der Waals surface area (Å²) in [6.45, 7) is 6.59. The summed E-state index contributed by atoms with van der Waals surface area (Å²) in [6, 6.07) is 5.88. The summed E-state index contributed by atoms with van der Waals surface area (Å²) in [5, 5.41) is 2.47. The molecule has 0 bridgehead atoms. The van der Waals surface area contributed by atoms with E-state index in [1.54, 1.807) is 26.8 Å². The number of nitrogens with one attached hydrogen (secondary N) is 1. The largest absolute Gasteiger partial charge is 0.444 e. The smallest absolute Gasteiger partial charge is 0.408 e. The van der Waals surface area contributed by atoms with Crippen molar-refractivity contribution >= 4 is 22.2 Å². The van der Waals surface area contributed by atoms with Crippen LogP contribution in [0.4, 0.5) is 4.79 Å². The molecule has 0 radical (unpaired) electrons. The zero-order valence-electron chi connectivity index (χ0n) is 13.3. The first kappa shape index (κ1) is 18.2. The molecule has 1 aromatic rings. The number of hydrogen-bond acceptors (Lipinski definition) is 5. The fourth-order valence-electron chi connectivity index (χ4n) is 1.74. The maximum absolute atomic E-state index is 11.9. The lowest BCUT2D eigenvalue weighted by Crippen LogP contribution is -2.47. The Bertz CT molecular complexity index is 675. The second kappa shape index (κ2) is 6.08. The molecule has 1 unspecified atom stereocenters. The molecule has 0 heterocycles. The first-order chi connectivity index (χ1) is 9.87. The Morgan fingerprint density at radius 3 is 2.27 bits per heavy atom. The Morgan fingerprint density at radius 1 is 1.23 bits per heavy atom. The Balaban J connectivity index is 3.14. The van der Waals surface area contributed by atoms with E-state index >= 15 is 0 Å². The van der Waals surface area contributed by atoms with Crippen LogP contribution < -0.4 is 5.32 Å². The molecule has 1 amide bonds. The molecule has 1 aromatic carbocycles. The topological polar surface area (TPSA) is 89.5 Å². The number of aldehydes is 1. The number of hydrogen-bond donors (Lipinski definition) is 1. The van der Waals surface area contributed by atoms with Gasteiger partial charge in [-0.1, -0.05) is 12.1 Å². The van der Waals surface area contributed by atoms with Crippen LogP contribution in [0.5, 0.6) is 0 Å². The molecule has 0 saturated heterocycles. The van der Waals surface area contributed by atoms with E-state index in [4.69, 9.17) is 4.74 Å². The maximum atomic E-state index is 11.9. The Kier molecular flexibility index (Phi) is 5.02. The SMILES string of the molecule is CC(C)(C)OC(=O)NC(C)(C=O)c1cccc(S(C)(=O)=O)c1. The van der Waals surface area contributed by atoms with E-state index in [0.29, 0.717) is 11.8 Å². The van der Waals surface area contributed by atoms with E-state index < -0.39 is 27.1 Å². The van der Waals surface area contributed by atoms with Crippen molar-refractivity contribution in [3.8, 4) is 0 Å². The first-order valence-electron chi connectivity index (χ1n) is 6.65. The molecular formula is C15H21NO5S. The van der Waals surface area contributed by atoms with Crippen molar-refractivity contribution in [2.75, 3.05) is 6.26 Å². The van der Waals surface area contributed by atoms with Gasteiger partial charge in [-0.15, -0.1) is 0 Å². The minimum absolute atomic E-state index is 0.0732. The summed E-state index contributed by atoms with van der Waals surface area (Å²) < 4.78 is 28.3. The van der Waals surface area contributed by atoms with Crippen LogP contribution in [0.15, 0.2) is 29.2 Å². The molecule has 22 heavy (non-hydrogen) atoms. The predicted molar refractivity (Wildman–Crippen MR) is 82.3 cm³/mol. The molecule has 0 aliphatic carbocycles. The summed E-state index contributed by atoms with van der Waals surface area (Å²) in [4.78, 5) is 23.4. The molecule has 1 N–H and O–H groups in total. The fraction of sp³-hybridized carbons (Fsp3) is 0.467. The number of amides is 1. The van der Waals surface area contributed by atoms with Gasteiger partial charge in [-0.25, -0.2) is 13.2 Å². The van der Waals surface area contributed by atoms with Crippen LogP contribution in [-0.2, 0) is 24.9 Å². The standard InChI is InChI=1S/C15H21NO5S/c1-14(2,3)21-13(18)16-15(4,10-17)11-7-6-8-12(9-11)22(5,19)20/h6-10H,1-5H3,(H,16,18). The number of ether oxygens (including phenoxy) is 1. The van der Waals surface area contributed by atoms with Crippen LogP contribution in [0.3, 0.4) is 0 Å². The summed E-state index contributed by atoms with van der Waals surface area (Å²) in [6.07, 6.45) is 0.858. The van der Waals surface area contributed by atoms with Crippen molar-refractivity contribution in [3.05, 3.63) is 29.8 Å². The summed E-state index contributed by atoms with van der Waals surface area (Å²) in [5.74, 6) is 0. The molecule has 0 aromatic heterocycles. The van der Waals surface area contributed by atoms with Gasteiger partial charge in [0, 0.05) is 6.26 Å². The third kappa shape index (κ3) is 4.84. The average Bonchev–Trinajstić information content (AvgIpc) is 2.35. The van der Waals surface area contributed by atoms with Crippen molar-refractivity contribution in [1.29, 1.82) is 0 Å². The molecule has 122 valence electrons. The van der Waals surface area contributed by atoms with E-state index in [9.17, 15) is 18.0 Å². The van der Waals surface area contributed by atoms with Gasteiger partial charge in [-0.2, -0.15) is 0 Å². The molecule has 7 heteroatoms. The Morgan fingerprint density at radius 2 is 1.82 bits per heavy atom. The van der Waals surface area contributed by atoms with E-state index in [0.717, 1.165) is 6.26 Å². The molecule has 0 aliphatic heterocycles. The van der Waals surface area contributed by atoms with Crippen LogP contribution in [0.1, 0.15) is 33.3 Å². The molecule has 6 nitrogen and oxygen atoms in total. The number of carbonyl (C=O) groups is 2. The third-order valence-corrected chi connectivity index (χ3v) is 3.97. The van der Waals surface area contributed by atoms with Gasteiger partial charge in [0.1, 0.15) is 17.4 Å². The molecule has 0 saturated carbocycles. The second-order valence-corrected chi connectivity index (χ2v) is 8.26. The highest BCUT2D eigenvalue weighted by Gasteiger charge is 2.31. The lowest BCUT2D eigenvalue weighted by Gasteiger charge is -2.28. The van der Waals surface area contributed by atoms with Gasteiger partial charge in [0.25, 0.3) is 0 Å². The van der Waals surface area contributed by atoms with Crippen LogP contribution in [0.2, 0.25) is 0 Å². The average molecular weight is 327 g/mol. The van der Waals surface area contributed by atoms with Crippen molar-refractivity contribution in [2.24, 2.45) is 0 Å². The van der Waals surface area contributed by atoms with Gasteiger partial charge in [0.15, 0.2) is 9.84 Å². The molecule has 1 atom stereocenters. The minimum Gasteiger partial charge on any atom is -0.444 e. The summed E-state index contributed by atoms with van der Waals surface area (Å²) >= 11 is 0. The Hall–Kier alpha value is -1.89. The van der Waals surface area contributed by atoms with Gasteiger partial charge in [0.05, 0.1) is 4.90 Å². The Labute approximate surface area is 130 Å². The van der Waals surface area contributed by atoms with E-state index in [-0.39, 0.29) is 4.90 Å². The monoisotopic (exact) mass is 327 g/mol. The number of benzene rings is 1. The zero-order valence-corrected chi connectivity index (χ0v) is 14.2. The van der Waals surface area contributed by atoms with Crippen LogP contribution in [0, 0.1) is 0 Å². The fourth-order valence-corrected chi connectivity index (χ4v) is 2.40. The molecule has 1 rings (SSSR count). The minimum atomic E-state index is -3.41. The first-order valence-corrected chi connectivity index (χ1v) is 8.55. The van der Waals surface area contributed by atoms with Gasteiger partial charge in [-0.05, 0) is 45.4 Å². The molecule has 0 spiro atoms. The number of rotatable bonds is 4. The van der Waals surface area contributed by atoms with Crippen LogP contribution >= 0.6 is 0 Å². The lowest BCUT2D eigenvalue weighted by atomic mass is 9.94. The van der Waals surface area contributed by atoms with Crippen molar-refractivity contribution in [1.82, 2.24) is 5.32 Å². The number of sulfone groups is 1. The molecular weight excluding hydrogens is 306 g/mol. The van der Waals surface area contributed by atoms with E-state index in [2.05, 4.69) is 5.32 Å². The van der Waals surface area contributed by atoms with Crippen LogP contribution in [0.25, 0.3) is 0 Å². The normalized spacial score (nSPS) is 14.8. The third-order valence-electron chi connectivity index (χ3n) is 2.86. The zero-order chi connectivity index (χ0) is 17.2. The highest BCUT2D eigenvalue weighted by atomic mass is 32.2. The second-order valence-electron chi connectivity index (χ2n) is 6.25. The highest BCUT2D eigenvalue weighted by molar-refractivity contribution is 7.90. The lowest BCUT2D eigenvalue weighted by molar-refractivity contribution is -0.113. The highest BCUT2D eigenvalue weighted by Crippen LogP contribution is 2.22. The van der Waals surface area contributed by atoms with Crippen LogP contribution in [-0.4, -0.2) is 32.7 Å². The maximum Gasteiger partial charge on any atom is 0.408 e. The van der Waals surface area contributed by atoms with Crippen molar-refractivity contribution in [3.63, 3.8) is 0 Å². The van der Waals surface area contributed by atoms with Crippen molar-refractivity contribution in [2.45, 2.75) is 43.7 Å². The summed E-state index contributed by atoms with van der Waals surface area (Å²) in [7, 11) is -3.41. The van der Waals surface area contributed by atoms with Crippen molar-refractivity contribution < 1.29 is 22.7 Å². The van der Waals surface area contributed by atoms with Gasteiger partial charge < -0.3 is 14.8 Å². The van der Waals surface area contributed by atoms with E-state index in [1.165, 1.54) is 25.1 Å². The van der Waals surface area contributed by atoms with Gasteiger partial charge in [-0.3, -0.25) is 0 Å². The van der Waals surface area contributed by atoms with E-state index in [1.807, 2.05) is 0 Å². The predicted octanol–water partition coefficient (Wildman–Crippen LogP) is 2.03. The quantitative estimate of drug-likeness (QED) is 0.855. The van der Waals surface area contributed by atoms with Gasteiger partial charge >= 0.3 is 6.09 Å². The molecule has 0 fully saturated rings. The number of carbonyl (C=O) groups excluding carboxylic acids is 2. The number of alkyl carbamates (subject to hydrolysis) is 1. The molecule has 0 aliphatic rings. The van der Waals surface area contributed by atoms with Gasteiger partial charge in [0.2, 0.25) is 0 Å². The summed E-state index contributed by atoms with van der Waals surface area (Å²) in [5.41, 5.74) is -1.73.